The normalized spacial score (nSPS) is 11.3. The van der Waals surface area contributed by atoms with Crippen molar-refractivity contribution < 1.29 is 23.7 Å². The summed E-state index contributed by atoms with van der Waals surface area (Å²) in [6.45, 7) is 13.9. The number of rotatable bonds is 9. The van der Waals surface area contributed by atoms with E-state index in [1.807, 2.05) is 24.3 Å². The van der Waals surface area contributed by atoms with E-state index in [1.54, 1.807) is 31.4 Å². The highest BCUT2D eigenvalue weighted by Gasteiger charge is 2.45. The topological polar surface area (TPSA) is 57.2 Å². The van der Waals surface area contributed by atoms with Crippen molar-refractivity contribution in [2.75, 3.05) is 21.0 Å². The molecule has 0 aliphatic carbocycles. The summed E-state index contributed by atoms with van der Waals surface area (Å²) in [6.07, 6.45) is 0. The van der Waals surface area contributed by atoms with Gasteiger partial charge in [-0.1, -0.05) is 65.8 Å². The molecular weight excluding hydrogens is 396 g/mol. The van der Waals surface area contributed by atoms with Crippen LogP contribution in [0.3, 0.4) is 0 Å². The van der Waals surface area contributed by atoms with E-state index in [2.05, 4.69) is 41.5 Å². The first-order valence-electron chi connectivity index (χ1n) is 10.4. The first kappa shape index (κ1) is 25.9. The van der Waals surface area contributed by atoms with Gasteiger partial charge in [-0.15, -0.1) is 0 Å². The molecule has 2 aromatic rings. The number of phenolic OH excluding ortho intramolecular Hbond substituents is 1. The van der Waals surface area contributed by atoms with Gasteiger partial charge in [0.1, 0.15) is 0 Å². The number of methoxy groups -OCH3 is 2. The van der Waals surface area contributed by atoms with E-state index < -0.39 is 8.32 Å². The van der Waals surface area contributed by atoms with E-state index in [0.29, 0.717) is 29.2 Å². The first-order valence-corrected chi connectivity index (χ1v) is 12.6. The van der Waals surface area contributed by atoms with Gasteiger partial charge in [-0.3, -0.25) is 0 Å². The lowest BCUT2D eigenvalue weighted by molar-refractivity contribution is 0.0988. The van der Waals surface area contributed by atoms with Crippen LogP contribution in [-0.4, -0.2) is 34.4 Å². The van der Waals surface area contributed by atoms with Crippen molar-refractivity contribution >= 4 is 8.32 Å². The fourth-order valence-corrected chi connectivity index (χ4v) is 9.33. The molecule has 0 aliphatic heterocycles. The highest BCUT2D eigenvalue weighted by molar-refractivity contribution is 6.77. The summed E-state index contributed by atoms with van der Waals surface area (Å²) < 4.78 is 22.3. The molecule has 0 amide bonds. The molecule has 168 valence electrons. The monoisotopic (exact) mass is 434 g/mol. The van der Waals surface area contributed by atoms with Crippen LogP contribution in [0.4, 0.5) is 0 Å². The third-order valence-electron chi connectivity index (χ3n) is 5.38. The summed E-state index contributed by atoms with van der Waals surface area (Å²) >= 11 is 0. The Hall–Kier alpha value is -2.18. The number of ether oxygens (including phenoxy) is 3. The van der Waals surface area contributed by atoms with Gasteiger partial charge >= 0.3 is 0 Å². The third-order valence-corrected chi connectivity index (χ3v) is 11.4. The Morgan fingerprint density at radius 3 is 1.53 bits per heavy atom. The van der Waals surface area contributed by atoms with Gasteiger partial charge in [-0.05, 0) is 40.9 Å². The minimum Gasteiger partial charge on any atom is -0.504 e. The highest BCUT2D eigenvalue weighted by Crippen LogP contribution is 2.42. The van der Waals surface area contributed by atoms with Crippen LogP contribution in [0.15, 0.2) is 48.5 Å². The fraction of sp³-hybridized carbons (Fsp3) is 0.500. The molecule has 0 radical (unpaired) electrons. The number of phenols is 1. The largest absolute Gasteiger partial charge is 0.504 e. The van der Waals surface area contributed by atoms with E-state index in [4.69, 9.17) is 23.7 Å². The van der Waals surface area contributed by atoms with Crippen LogP contribution in [0.25, 0.3) is 0 Å². The molecule has 2 aromatic carbocycles. The molecule has 5 nitrogen and oxygen atoms in total. The van der Waals surface area contributed by atoms with Gasteiger partial charge in [0.25, 0.3) is 0 Å². The highest BCUT2D eigenvalue weighted by atomic mass is 28.4. The predicted molar refractivity (Wildman–Crippen MR) is 125 cm³/mol. The average Bonchev–Trinajstić information content (AvgIpc) is 2.71. The van der Waals surface area contributed by atoms with Gasteiger partial charge in [0.15, 0.2) is 29.8 Å². The van der Waals surface area contributed by atoms with Crippen LogP contribution in [-0.2, 0) is 4.43 Å². The molecule has 0 saturated heterocycles. The fourth-order valence-electron chi connectivity index (χ4n) is 4.06. The number of hydrogen-bond acceptors (Lipinski definition) is 5. The quantitative estimate of drug-likeness (QED) is 0.355. The zero-order valence-corrected chi connectivity index (χ0v) is 20.6. The van der Waals surface area contributed by atoms with Crippen LogP contribution in [0.2, 0.25) is 16.6 Å². The maximum atomic E-state index is 8.99. The lowest BCUT2D eigenvalue weighted by Gasteiger charge is -2.41. The summed E-state index contributed by atoms with van der Waals surface area (Å²) in [6, 6.07) is 14.5. The Balaban J connectivity index is 0.000000414. The standard InChI is InChI=1S/C17H30O3Si.C7H8O2/c1-13(2)21(14(3)4,15(5)6)20-12-19-17-11-9-8-10-16(17)18-7;1-9-7-5-3-2-4-6(7)8/h8-11,13-15H,12H2,1-7H3;2-5,8H,1H3. The molecular formula is C24H38O5Si. The molecule has 0 heterocycles. The van der Waals surface area contributed by atoms with E-state index in [9.17, 15) is 0 Å². The van der Waals surface area contributed by atoms with Gasteiger partial charge in [0.2, 0.25) is 8.32 Å². The SMILES string of the molecule is COc1ccccc1O.COc1ccccc1OCO[Si](C(C)C)(C(C)C)C(C)C. The molecule has 0 spiro atoms. The summed E-state index contributed by atoms with van der Waals surface area (Å²) in [5.74, 6) is 2.17. The molecule has 0 saturated carbocycles. The molecule has 0 aliphatic rings. The zero-order chi connectivity index (χ0) is 22.7. The third kappa shape index (κ3) is 6.67. The van der Waals surface area contributed by atoms with E-state index in [1.165, 1.54) is 7.11 Å². The summed E-state index contributed by atoms with van der Waals surface area (Å²) in [5.41, 5.74) is 1.66. The van der Waals surface area contributed by atoms with Gasteiger partial charge in [-0.25, -0.2) is 0 Å². The molecule has 0 aromatic heterocycles. The molecule has 1 N–H and O–H groups in total. The van der Waals surface area contributed by atoms with Gasteiger partial charge < -0.3 is 23.7 Å². The Morgan fingerprint density at radius 1 is 0.700 bits per heavy atom. The van der Waals surface area contributed by atoms with Crippen LogP contribution >= 0.6 is 0 Å². The smallest absolute Gasteiger partial charge is 0.204 e. The second-order valence-corrected chi connectivity index (χ2v) is 13.5. The molecule has 0 unspecified atom stereocenters. The van der Waals surface area contributed by atoms with E-state index in [-0.39, 0.29) is 5.75 Å². The Labute approximate surface area is 183 Å². The second-order valence-electron chi connectivity index (χ2n) is 8.05. The van der Waals surface area contributed by atoms with Crippen molar-refractivity contribution in [2.24, 2.45) is 0 Å². The maximum absolute atomic E-state index is 8.99. The van der Waals surface area contributed by atoms with E-state index in [0.717, 1.165) is 11.5 Å². The van der Waals surface area contributed by atoms with Gasteiger partial charge in [0, 0.05) is 0 Å². The molecule has 0 bridgehead atoms. The number of aromatic hydroxyl groups is 1. The summed E-state index contributed by atoms with van der Waals surface area (Å²) in [5, 5.41) is 8.99. The average molecular weight is 435 g/mol. The summed E-state index contributed by atoms with van der Waals surface area (Å²) in [7, 11) is 1.30. The van der Waals surface area contributed by atoms with Crippen molar-refractivity contribution in [1.29, 1.82) is 0 Å². The first-order chi connectivity index (χ1) is 14.2. The summed E-state index contributed by atoms with van der Waals surface area (Å²) in [4.78, 5) is 0. The zero-order valence-electron chi connectivity index (χ0n) is 19.6. The molecule has 0 atom stereocenters. The lowest BCUT2D eigenvalue weighted by Crippen LogP contribution is -2.48. The predicted octanol–water partition coefficient (Wildman–Crippen LogP) is 6.62. The van der Waals surface area contributed by atoms with Crippen LogP contribution in [0.5, 0.6) is 23.0 Å². The minimum absolute atomic E-state index is 0.181. The Kier molecular flexibility index (Phi) is 10.8. The number of benzene rings is 2. The Bertz CT molecular complexity index is 724. The van der Waals surface area contributed by atoms with Crippen LogP contribution in [0.1, 0.15) is 41.5 Å². The van der Waals surface area contributed by atoms with Crippen molar-refractivity contribution in [3.63, 3.8) is 0 Å². The second kappa shape index (κ2) is 12.5. The maximum Gasteiger partial charge on any atom is 0.204 e. The molecule has 6 heteroatoms. The molecule has 0 fully saturated rings. The number of hydrogen-bond donors (Lipinski definition) is 1. The van der Waals surface area contributed by atoms with Crippen LogP contribution in [0, 0.1) is 0 Å². The van der Waals surface area contributed by atoms with Crippen molar-refractivity contribution in [3.8, 4) is 23.0 Å². The molecule has 2 rings (SSSR count). The van der Waals surface area contributed by atoms with Crippen molar-refractivity contribution in [2.45, 2.75) is 58.2 Å². The van der Waals surface area contributed by atoms with Gasteiger partial charge in [0.05, 0.1) is 14.2 Å². The Morgan fingerprint density at radius 2 is 1.13 bits per heavy atom. The van der Waals surface area contributed by atoms with Crippen LogP contribution < -0.4 is 14.2 Å². The lowest BCUT2D eigenvalue weighted by atomic mass is 10.3. The van der Waals surface area contributed by atoms with Crippen molar-refractivity contribution in [1.82, 2.24) is 0 Å². The minimum atomic E-state index is -1.87. The van der Waals surface area contributed by atoms with Crippen molar-refractivity contribution in [3.05, 3.63) is 48.5 Å². The van der Waals surface area contributed by atoms with E-state index >= 15 is 0 Å². The molecule has 30 heavy (non-hydrogen) atoms. The van der Waals surface area contributed by atoms with Gasteiger partial charge in [-0.2, -0.15) is 0 Å². The number of para-hydroxylation sites is 4.